The average Bonchev–Trinajstić information content (AvgIpc) is 2.85. The Morgan fingerprint density at radius 3 is 2.95 bits per heavy atom. The highest BCUT2D eigenvalue weighted by molar-refractivity contribution is 5.31. The van der Waals surface area contributed by atoms with Gasteiger partial charge in [0.15, 0.2) is 11.6 Å². The van der Waals surface area contributed by atoms with Crippen molar-refractivity contribution in [1.82, 2.24) is 0 Å². The molecule has 1 atom stereocenters. The van der Waals surface area contributed by atoms with Crippen molar-refractivity contribution in [2.75, 3.05) is 0 Å². The molecule has 0 fully saturated rings. The van der Waals surface area contributed by atoms with Crippen LogP contribution >= 0.6 is 0 Å². The highest BCUT2D eigenvalue weighted by Crippen LogP contribution is 2.38. The van der Waals surface area contributed by atoms with Crippen molar-refractivity contribution in [2.24, 2.45) is 0 Å². The van der Waals surface area contributed by atoms with Crippen LogP contribution in [-0.2, 0) is 18.4 Å². The first-order chi connectivity index (χ1) is 9.10. The summed E-state index contributed by atoms with van der Waals surface area (Å²) in [4.78, 5) is 0. The third kappa shape index (κ3) is 2.06. The van der Waals surface area contributed by atoms with E-state index in [1.165, 1.54) is 18.4 Å². The summed E-state index contributed by atoms with van der Waals surface area (Å²) in [5, 5.41) is 10.7. The van der Waals surface area contributed by atoms with E-state index < -0.39 is 17.2 Å². The molecule has 2 nitrogen and oxygen atoms in total. The van der Waals surface area contributed by atoms with Gasteiger partial charge in [0, 0.05) is 18.4 Å². The second kappa shape index (κ2) is 4.46. The second-order valence-electron chi connectivity index (χ2n) is 5.03. The van der Waals surface area contributed by atoms with E-state index in [4.69, 9.17) is 4.42 Å². The summed E-state index contributed by atoms with van der Waals surface area (Å²) < 4.78 is 32.3. The minimum atomic E-state index is -1.17. The van der Waals surface area contributed by atoms with Gasteiger partial charge in [-0.05, 0) is 30.5 Å². The van der Waals surface area contributed by atoms with E-state index in [9.17, 15) is 13.9 Å². The Morgan fingerprint density at radius 2 is 2.11 bits per heavy atom. The van der Waals surface area contributed by atoms with Crippen LogP contribution in [0.4, 0.5) is 8.78 Å². The van der Waals surface area contributed by atoms with Crippen molar-refractivity contribution in [2.45, 2.75) is 31.3 Å². The summed E-state index contributed by atoms with van der Waals surface area (Å²) >= 11 is 0. The van der Waals surface area contributed by atoms with Crippen LogP contribution in [-0.4, -0.2) is 5.11 Å². The highest BCUT2D eigenvalue weighted by atomic mass is 19.2. The summed E-state index contributed by atoms with van der Waals surface area (Å²) in [5.41, 5.74) is -0.283. The molecule has 0 spiro atoms. The number of rotatable bonds is 2. The first-order valence-corrected chi connectivity index (χ1v) is 6.32. The lowest BCUT2D eigenvalue weighted by Crippen LogP contribution is -2.32. The Morgan fingerprint density at radius 1 is 1.26 bits per heavy atom. The summed E-state index contributed by atoms with van der Waals surface area (Å²) in [7, 11) is 0. The van der Waals surface area contributed by atoms with Gasteiger partial charge >= 0.3 is 0 Å². The van der Waals surface area contributed by atoms with Gasteiger partial charge in [-0.3, -0.25) is 0 Å². The first kappa shape index (κ1) is 12.4. The largest absolute Gasteiger partial charge is 0.469 e. The maximum absolute atomic E-state index is 13.7. The standard InChI is InChI=1S/C15H14F2O2/c16-12-4-1-3-10(14(12)17)9-15(18)7-2-5-13-11(15)6-8-19-13/h1,3-4,6,8,18H,2,5,7,9H2. The molecule has 100 valence electrons. The van der Waals surface area contributed by atoms with Crippen LogP contribution in [0.3, 0.4) is 0 Å². The molecular formula is C15H14F2O2. The normalized spacial score (nSPS) is 22.3. The van der Waals surface area contributed by atoms with Gasteiger partial charge in [-0.1, -0.05) is 12.1 Å². The average molecular weight is 264 g/mol. The highest BCUT2D eigenvalue weighted by Gasteiger charge is 2.37. The number of hydrogen-bond acceptors (Lipinski definition) is 2. The zero-order valence-corrected chi connectivity index (χ0v) is 10.3. The van der Waals surface area contributed by atoms with Crippen molar-refractivity contribution >= 4 is 0 Å². The van der Waals surface area contributed by atoms with E-state index in [1.54, 1.807) is 6.07 Å². The minimum absolute atomic E-state index is 0.0587. The molecule has 1 aromatic heterocycles. The Labute approximate surface area is 109 Å². The molecular weight excluding hydrogens is 250 g/mol. The van der Waals surface area contributed by atoms with Gasteiger partial charge in [0.25, 0.3) is 0 Å². The fraction of sp³-hybridized carbons (Fsp3) is 0.333. The van der Waals surface area contributed by atoms with E-state index in [-0.39, 0.29) is 12.0 Å². The molecule has 19 heavy (non-hydrogen) atoms. The van der Waals surface area contributed by atoms with E-state index in [0.29, 0.717) is 12.0 Å². The number of fused-ring (bicyclic) bond motifs is 1. The van der Waals surface area contributed by atoms with E-state index in [0.717, 1.165) is 24.7 Å². The number of aliphatic hydroxyl groups is 1. The Hall–Kier alpha value is -1.68. The predicted octanol–water partition coefficient (Wildman–Crippen LogP) is 3.32. The maximum Gasteiger partial charge on any atom is 0.162 e. The van der Waals surface area contributed by atoms with Crippen LogP contribution in [0.25, 0.3) is 0 Å². The van der Waals surface area contributed by atoms with E-state index in [1.807, 2.05) is 0 Å². The predicted molar refractivity (Wildman–Crippen MR) is 65.6 cm³/mol. The van der Waals surface area contributed by atoms with Gasteiger partial charge in [0.1, 0.15) is 5.76 Å². The van der Waals surface area contributed by atoms with Crippen LogP contribution in [0.1, 0.15) is 29.7 Å². The fourth-order valence-corrected chi connectivity index (χ4v) is 2.81. The molecule has 0 radical (unpaired) electrons. The Kier molecular flexibility index (Phi) is 2.90. The topological polar surface area (TPSA) is 33.4 Å². The van der Waals surface area contributed by atoms with Gasteiger partial charge in [-0.25, -0.2) is 8.78 Å². The lowest BCUT2D eigenvalue weighted by atomic mass is 9.79. The molecule has 0 amide bonds. The van der Waals surface area contributed by atoms with Crippen molar-refractivity contribution in [1.29, 1.82) is 0 Å². The second-order valence-corrected chi connectivity index (χ2v) is 5.03. The van der Waals surface area contributed by atoms with Crippen molar-refractivity contribution in [3.05, 3.63) is 59.1 Å². The molecule has 4 heteroatoms. The van der Waals surface area contributed by atoms with Crippen LogP contribution in [0, 0.1) is 11.6 Å². The molecule has 1 aliphatic rings. The quantitative estimate of drug-likeness (QED) is 0.902. The Bertz CT molecular complexity index is 606. The number of aryl methyl sites for hydroxylation is 1. The van der Waals surface area contributed by atoms with Crippen LogP contribution in [0.15, 0.2) is 34.9 Å². The molecule has 1 heterocycles. The molecule has 0 aliphatic heterocycles. The van der Waals surface area contributed by atoms with Gasteiger partial charge in [-0.15, -0.1) is 0 Å². The first-order valence-electron chi connectivity index (χ1n) is 6.32. The molecule has 1 aromatic carbocycles. The monoisotopic (exact) mass is 264 g/mol. The molecule has 1 aliphatic carbocycles. The van der Waals surface area contributed by atoms with Crippen molar-refractivity contribution in [3.8, 4) is 0 Å². The molecule has 1 N–H and O–H groups in total. The summed E-state index contributed by atoms with van der Waals surface area (Å²) in [5.74, 6) is -1.03. The number of hydrogen-bond donors (Lipinski definition) is 1. The molecule has 0 bridgehead atoms. The lowest BCUT2D eigenvalue weighted by molar-refractivity contribution is 0.0160. The lowest BCUT2D eigenvalue weighted by Gasteiger charge is -2.32. The smallest absolute Gasteiger partial charge is 0.162 e. The van der Waals surface area contributed by atoms with Crippen LogP contribution in [0.5, 0.6) is 0 Å². The van der Waals surface area contributed by atoms with Gasteiger partial charge in [-0.2, -0.15) is 0 Å². The molecule has 1 unspecified atom stereocenters. The SMILES string of the molecule is OC1(Cc2cccc(F)c2F)CCCc2occc21. The molecule has 3 rings (SSSR count). The van der Waals surface area contributed by atoms with Crippen LogP contribution < -0.4 is 0 Å². The maximum atomic E-state index is 13.7. The van der Waals surface area contributed by atoms with E-state index >= 15 is 0 Å². The number of furan rings is 1. The third-order valence-electron chi connectivity index (χ3n) is 3.76. The third-order valence-corrected chi connectivity index (χ3v) is 3.76. The summed E-state index contributed by atoms with van der Waals surface area (Å²) in [6.07, 6.45) is 3.66. The molecule has 0 saturated carbocycles. The zero-order chi connectivity index (χ0) is 13.5. The molecule has 2 aromatic rings. The van der Waals surface area contributed by atoms with Gasteiger partial charge in [0.05, 0.1) is 11.9 Å². The Balaban J connectivity index is 1.98. The van der Waals surface area contributed by atoms with Crippen molar-refractivity contribution < 1.29 is 18.3 Å². The summed E-state index contributed by atoms with van der Waals surface area (Å²) in [6.45, 7) is 0. The number of halogens is 2. The fourth-order valence-electron chi connectivity index (χ4n) is 2.81. The number of benzene rings is 1. The van der Waals surface area contributed by atoms with Gasteiger partial charge in [0.2, 0.25) is 0 Å². The zero-order valence-electron chi connectivity index (χ0n) is 10.3. The van der Waals surface area contributed by atoms with Gasteiger partial charge < -0.3 is 9.52 Å². The molecule has 0 saturated heterocycles. The van der Waals surface area contributed by atoms with Crippen LogP contribution in [0.2, 0.25) is 0 Å². The van der Waals surface area contributed by atoms with Crippen molar-refractivity contribution in [3.63, 3.8) is 0 Å². The summed E-state index contributed by atoms with van der Waals surface area (Å²) in [6, 6.07) is 5.75. The minimum Gasteiger partial charge on any atom is -0.469 e. The van der Waals surface area contributed by atoms with E-state index in [2.05, 4.69) is 0 Å².